The summed E-state index contributed by atoms with van der Waals surface area (Å²) in [7, 11) is 0. The van der Waals surface area contributed by atoms with Crippen LogP contribution >= 0.6 is 15.9 Å². The Kier molecular flexibility index (Phi) is 6.12. The topological polar surface area (TPSA) is 67.8 Å². The van der Waals surface area contributed by atoms with Gasteiger partial charge < -0.3 is 4.74 Å². The maximum absolute atomic E-state index is 12.1. The molecule has 0 unspecified atom stereocenters. The number of halogens is 1. The van der Waals surface area contributed by atoms with Crippen LogP contribution in [-0.4, -0.2) is 18.1 Å². The molecule has 0 saturated heterocycles. The van der Waals surface area contributed by atoms with Crippen molar-refractivity contribution < 1.29 is 14.3 Å². The highest BCUT2D eigenvalue weighted by Gasteiger charge is 2.08. The van der Waals surface area contributed by atoms with Gasteiger partial charge >= 0.3 is 5.97 Å². The van der Waals surface area contributed by atoms with E-state index in [9.17, 15) is 9.59 Å². The molecule has 3 aromatic rings. The fraction of sp³-hybridized carbons (Fsp3) is 0. The fourth-order valence-corrected chi connectivity index (χ4v) is 2.70. The fourth-order valence-electron chi connectivity index (χ4n) is 2.23. The number of amides is 1. The number of ether oxygens (including phenoxy) is 1. The zero-order valence-corrected chi connectivity index (χ0v) is 15.7. The van der Waals surface area contributed by atoms with Crippen LogP contribution in [0, 0.1) is 0 Å². The third-order valence-electron chi connectivity index (χ3n) is 3.60. The number of hydrogen-bond acceptors (Lipinski definition) is 4. The van der Waals surface area contributed by atoms with E-state index in [1.165, 1.54) is 6.21 Å². The van der Waals surface area contributed by atoms with Crippen molar-refractivity contribution in [3.8, 4) is 5.75 Å². The number of nitrogens with one attached hydrogen (secondary N) is 1. The smallest absolute Gasteiger partial charge is 0.343 e. The predicted molar refractivity (Wildman–Crippen MR) is 107 cm³/mol. The van der Waals surface area contributed by atoms with Crippen LogP contribution in [0.15, 0.2) is 88.4 Å². The van der Waals surface area contributed by atoms with Crippen molar-refractivity contribution >= 4 is 34.0 Å². The van der Waals surface area contributed by atoms with Gasteiger partial charge in [-0.25, -0.2) is 10.2 Å². The summed E-state index contributed by atoms with van der Waals surface area (Å²) in [6.07, 6.45) is 1.51. The van der Waals surface area contributed by atoms with Gasteiger partial charge in [-0.3, -0.25) is 4.79 Å². The van der Waals surface area contributed by atoms with Gasteiger partial charge in [0.05, 0.1) is 17.3 Å². The van der Waals surface area contributed by atoms with E-state index in [1.54, 1.807) is 66.7 Å². The minimum Gasteiger partial charge on any atom is -0.423 e. The third-order valence-corrected chi connectivity index (χ3v) is 4.29. The first kappa shape index (κ1) is 18.5. The molecule has 0 spiro atoms. The second-order valence-corrected chi connectivity index (χ2v) is 6.36. The summed E-state index contributed by atoms with van der Waals surface area (Å²) in [5, 5.41) is 3.94. The van der Waals surface area contributed by atoms with Crippen LogP contribution in [0.1, 0.15) is 26.3 Å². The third kappa shape index (κ3) is 5.12. The van der Waals surface area contributed by atoms with Crippen molar-refractivity contribution in [1.29, 1.82) is 0 Å². The van der Waals surface area contributed by atoms with Crippen LogP contribution in [0.3, 0.4) is 0 Å². The maximum atomic E-state index is 12.1. The van der Waals surface area contributed by atoms with Gasteiger partial charge in [-0.05, 0) is 70.0 Å². The number of esters is 1. The molecular formula is C21H15BrN2O3. The van der Waals surface area contributed by atoms with E-state index in [1.807, 2.05) is 12.1 Å². The van der Waals surface area contributed by atoms with E-state index < -0.39 is 5.97 Å². The first-order valence-corrected chi connectivity index (χ1v) is 8.88. The van der Waals surface area contributed by atoms with Crippen molar-refractivity contribution in [1.82, 2.24) is 5.43 Å². The van der Waals surface area contributed by atoms with Crippen molar-refractivity contribution in [2.45, 2.75) is 0 Å². The number of nitrogens with zero attached hydrogens (tertiary/aromatic N) is 1. The number of rotatable bonds is 5. The Morgan fingerprint density at radius 1 is 0.889 bits per heavy atom. The maximum Gasteiger partial charge on any atom is 0.343 e. The molecule has 1 amide bonds. The van der Waals surface area contributed by atoms with Gasteiger partial charge in [0.25, 0.3) is 5.91 Å². The Labute approximate surface area is 164 Å². The van der Waals surface area contributed by atoms with Crippen LogP contribution in [-0.2, 0) is 0 Å². The zero-order valence-electron chi connectivity index (χ0n) is 14.1. The predicted octanol–water partition coefficient (Wildman–Crippen LogP) is 4.43. The van der Waals surface area contributed by atoms with Gasteiger partial charge in [0.1, 0.15) is 5.75 Å². The van der Waals surface area contributed by atoms with Crippen molar-refractivity contribution in [3.63, 3.8) is 0 Å². The SMILES string of the molecule is O=C(Oc1ccc(/C=N/NC(=O)c2ccccc2Br)cc1)c1ccccc1. The van der Waals surface area contributed by atoms with Crippen LogP contribution in [0.5, 0.6) is 5.75 Å². The van der Waals surface area contributed by atoms with Gasteiger partial charge in [-0.1, -0.05) is 30.3 Å². The summed E-state index contributed by atoms with van der Waals surface area (Å²) in [4.78, 5) is 24.1. The number of carbonyl (C=O) groups excluding carboxylic acids is 2. The second kappa shape index (κ2) is 8.91. The highest BCUT2D eigenvalue weighted by Crippen LogP contribution is 2.16. The lowest BCUT2D eigenvalue weighted by Crippen LogP contribution is -2.18. The van der Waals surface area contributed by atoms with E-state index in [2.05, 4.69) is 26.5 Å². The van der Waals surface area contributed by atoms with Crippen LogP contribution in [0.25, 0.3) is 0 Å². The van der Waals surface area contributed by atoms with Gasteiger partial charge in [0, 0.05) is 4.47 Å². The minimum atomic E-state index is -0.419. The van der Waals surface area contributed by atoms with Gasteiger partial charge in [-0.2, -0.15) is 5.10 Å². The first-order valence-electron chi connectivity index (χ1n) is 8.09. The Bertz CT molecular complexity index is 970. The molecule has 0 radical (unpaired) electrons. The molecule has 0 bridgehead atoms. The molecule has 134 valence electrons. The molecule has 0 aromatic heterocycles. The number of benzene rings is 3. The average Bonchev–Trinajstić information content (AvgIpc) is 2.70. The van der Waals surface area contributed by atoms with E-state index in [4.69, 9.17) is 4.74 Å². The molecule has 0 heterocycles. The van der Waals surface area contributed by atoms with Crippen molar-refractivity contribution in [3.05, 3.63) is 100 Å². The Morgan fingerprint density at radius 3 is 2.26 bits per heavy atom. The highest BCUT2D eigenvalue weighted by molar-refractivity contribution is 9.10. The molecular weight excluding hydrogens is 408 g/mol. The van der Waals surface area contributed by atoms with E-state index in [0.717, 1.165) is 5.56 Å². The normalized spacial score (nSPS) is 10.6. The van der Waals surface area contributed by atoms with Crippen LogP contribution in [0.2, 0.25) is 0 Å². The number of carbonyl (C=O) groups is 2. The molecule has 0 fully saturated rings. The molecule has 3 rings (SSSR count). The van der Waals surface area contributed by atoms with E-state index >= 15 is 0 Å². The summed E-state index contributed by atoms with van der Waals surface area (Å²) < 4.78 is 6.01. The molecule has 5 nitrogen and oxygen atoms in total. The molecule has 3 aromatic carbocycles. The molecule has 0 saturated carbocycles. The summed E-state index contributed by atoms with van der Waals surface area (Å²) in [6.45, 7) is 0. The summed E-state index contributed by atoms with van der Waals surface area (Å²) in [5.74, 6) is -0.303. The van der Waals surface area contributed by atoms with E-state index in [-0.39, 0.29) is 5.91 Å². The first-order chi connectivity index (χ1) is 13.1. The summed E-state index contributed by atoms with van der Waals surface area (Å²) in [5.41, 5.74) is 4.21. The summed E-state index contributed by atoms with van der Waals surface area (Å²) in [6, 6.07) is 22.7. The second-order valence-electron chi connectivity index (χ2n) is 5.50. The molecule has 0 aliphatic rings. The van der Waals surface area contributed by atoms with Gasteiger partial charge in [0.15, 0.2) is 0 Å². The Balaban J connectivity index is 1.57. The molecule has 0 atom stereocenters. The number of hydrazone groups is 1. The van der Waals surface area contributed by atoms with Gasteiger partial charge in [0.2, 0.25) is 0 Å². The average molecular weight is 423 g/mol. The molecule has 6 heteroatoms. The lowest BCUT2D eigenvalue weighted by molar-refractivity contribution is 0.0734. The van der Waals surface area contributed by atoms with E-state index in [0.29, 0.717) is 21.3 Å². The lowest BCUT2D eigenvalue weighted by atomic mass is 10.2. The monoisotopic (exact) mass is 422 g/mol. The number of hydrogen-bond donors (Lipinski definition) is 1. The Morgan fingerprint density at radius 2 is 1.56 bits per heavy atom. The zero-order chi connectivity index (χ0) is 19.1. The molecule has 0 aliphatic carbocycles. The minimum absolute atomic E-state index is 0.313. The lowest BCUT2D eigenvalue weighted by Gasteiger charge is -2.04. The van der Waals surface area contributed by atoms with Crippen molar-refractivity contribution in [2.75, 3.05) is 0 Å². The Hall–Kier alpha value is -3.25. The van der Waals surface area contributed by atoms with Crippen molar-refractivity contribution in [2.24, 2.45) is 5.10 Å². The van der Waals surface area contributed by atoms with Crippen LogP contribution < -0.4 is 10.2 Å². The van der Waals surface area contributed by atoms with Crippen LogP contribution in [0.4, 0.5) is 0 Å². The molecule has 0 aliphatic heterocycles. The van der Waals surface area contributed by atoms with Gasteiger partial charge in [-0.15, -0.1) is 0 Å². The largest absolute Gasteiger partial charge is 0.423 e. The molecule has 1 N–H and O–H groups in total. The molecule has 27 heavy (non-hydrogen) atoms. The standard InChI is InChI=1S/C21H15BrN2O3/c22-19-9-5-4-8-18(19)20(25)24-23-14-15-10-12-17(13-11-15)27-21(26)16-6-2-1-3-7-16/h1-14H,(H,24,25)/b23-14+. The summed E-state index contributed by atoms with van der Waals surface area (Å²) >= 11 is 3.32. The highest BCUT2D eigenvalue weighted by atomic mass is 79.9. The quantitative estimate of drug-likeness (QED) is 0.286.